The molecule has 1 saturated heterocycles. The van der Waals surface area contributed by atoms with E-state index in [0.717, 1.165) is 52.3 Å². The minimum absolute atomic E-state index is 0.299. The molecule has 0 amide bonds. The summed E-state index contributed by atoms with van der Waals surface area (Å²) in [6.45, 7) is 8.28. The van der Waals surface area contributed by atoms with E-state index in [2.05, 4.69) is 21.9 Å². The van der Waals surface area contributed by atoms with Gasteiger partial charge in [-0.25, -0.2) is 0 Å². The van der Waals surface area contributed by atoms with Crippen molar-refractivity contribution in [3.05, 3.63) is 35.9 Å². The predicted octanol–water partition coefficient (Wildman–Crippen LogP) is 1.20. The zero-order valence-electron chi connectivity index (χ0n) is 12.2. The highest BCUT2D eigenvalue weighted by molar-refractivity contribution is 5.13. The molecular weight excluding hydrogens is 252 g/mol. The fourth-order valence-electron chi connectivity index (χ4n) is 2.49. The maximum absolute atomic E-state index is 8.83. The molecule has 112 valence electrons. The second-order valence-electron chi connectivity index (χ2n) is 5.30. The number of benzene rings is 1. The van der Waals surface area contributed by atoms with Crippen molar-refractivity contribution in [1.29, 1.82) is 0 Å². The monoisotopic (exact) mass is 278 g/mol. The minimum atomic E-state index is 0.299. The highest BCUT2D eigenvalue weighted by Crippen LogP contribution is 2.03. The van der Waals surface area contributed by atoms with Gasteiger partial charge in [-0.1, -0.05) is 30.3 Å². The molecule has 1 aliphatic rings. The van der Waals surface area contributed by atoms with Crippen molar-refractivity contribution in [1.82, 2.24) is 9.80 Å². The van der Waals surface area contributed by atoms with Crippen molar-refractivity contribution >= 4 is 0 Å². The van der Waals surface area contributed by atoms with E-state index >= 15 is 0 Å². The lowest BCUT2D eigenvalue weighted by molar-refractivity contribution is 0.0669. The first-order chi connectivity index (χ1) is 9.88. The van der Waals surface area contributed by atoms with Crippen LogP contribution in [0.25, 0.3) is 0 Å². The lowest BCUT2D eigenvalue weighted by Gasteiger charge is -2.34. The number of ether oxygens (including phenoxy) is 1. The fraction of sp³-hybridized carbons (Fsp3) is 0.625. The Morgan fingerprint density at radius 2 is 1.60 bits per heavy atom. The Morgan fingerprint density at radius 3 is 2.25 bits per heavy atom. The average Bonchev–Trinajstić information content (AvgIpc) is 2.52. The Bertz CT molecular complexity index is 351. The number of piperazine rings is 1. The Balaban J connectivity index is 1.53. The second-order valence-corrected chi connectivity index (χ2v) is 5.30. The molecule has 0 saturated carbocycles. The highest BCUT2D eigenvalue weighted by atomic mass is 16.5. The topological polar surface area (TPSA) is 35.9 Å². The summed E-state index contributed by atoms with van der Waals surface area (Å²) in [6, 6.07) is 10.3. The van der Waals surface area contributed by atoms with Gasteiger partial charge >= 0.3 is 0 Å². The van der Waals surface area contributed by atoms with Gasteiger partial charge in [-0.05, 0) is 12.0 Å². The number of aliphatic hydroxyl groups excluding tert-OH is 1. The summed E-state index contributed by atoms with van der Waals surface area (Å²) in [5.41, 5.74) is 1.24. The number of hydrogen-bond donors (Lipinski definition) is 1. The lowest BCUT2D eigenvalue weighted by Crippen LogP contribution is -2.47. The standard InChI is InChI=1S/C16H26N2O2/c19-13-4-7-17-8-10-18(11-9-17)12-14-20-15-16-5-2-1-3-6-16/h1-3,5-6,19H,4,7-15H2. The Kier molecular flexibility index (Phi) is 7.01. The molecule has 1 aromatic rings. The van der Waals surface area contributed by atoms with Gasteiger partial charge in [0.1, 0.15) is 0 Å². The molecule has 1 aliphatic heterocycles. The summed E-state index contributed by atoms with van der Waals surface area (Å²) in [4.78, 5) is 4.89. The molecule has 1 fully saturated rings. The Morgan fingerprint density at radius 1 is 0.950 bits per heavy atom. The largest absolute Gasteiger partial charge is 0.396 e. The van der Waals surface area contributed by atoms with Crippen molar-refractivity contribution in [2.24, 2.45) is 0 Å². The molecule has 0 aliphatic carbocycles. The van der Waals surface area contributed by atoms with E-state index in [1.54, 1.807) is 0 Å². The van der Waals surface area contributed by atoms with Crippen molar-refractivity contribution in [2.75, 3.05) is 52.5 Å². The van der Waals surface area contributed by atoms with Crippen LogP contribution < -0.4 is 0 Å². The van der Waals surface area contributed by atoms with Gasteiger partial charge in [-0.2, -0.15) is 0 Å². The summed E-state index contributed by atoms with van der Waals surface area (Å²) < 4.78 is 5.73. The first-order valence-electron chi connectivity index (χ1n) is 7.56. The van der Waals surface area contributed by atoms with Crippen LogP contribution in [0.1, 0.15) is 12.0 Å². The van der Waals surface area contributed by atoms with Crippen molar-refractivity contribution in [3.63, 3.8) is 0 Å². The molecule has 1 N–H and O–H groups in total. The van der Waals surface area contributed by atoms with E-state index in [1.807, 2.05) is 18.2 Å². The molecular formula is C16H26N2O2. The van der Waals surface area contributed by atoms with E-state index in [4.69, 9.17) is 9.84 Å². The van der Waals surface area contributed by atoms with Gasteiger partial charge in [0.2, 0.25) is 0 Å². The van der Waals surface area contributed by atoms with Gasteiger partial charge in [0.05, 0.1) is 13.2 Å². The molecule has 0 unspecified atom stereocenters. The van der Waals surface area contributed by atoms with Crippen LogP contribution in [0.3, 0.4) is 0 Å². The maximum Gasteiger partial charge on any atom is 0.0717 e. The van der Waals surface area contributed by atoms with Crippen LogP contribution in [0.15, 0.2) is 30.3 Å². The molecule has 4 heteroatoms. The number of nitrogens with zero attached hydrogens (tertiary/aromatic N) is 2. The Hall–Kier alpha value is -0.940. The number of hydrogen-bond acceptors (Lipinski definition) is 4. The van der Waals surface area contributed by atoms with Gasteiger partial charge in [-0.3, -0.25) is 4.90 Å². The molecule has 1 heterocycles. The maximum atomic E-state index is 8.83. The third-order valence-electron chi connectivity index (χ3n) is 3.76. The van der Waals surface area contributed by atoms with E-state index < -0.39 is 0 Å². The zero-order valence-corrected chi connectivity index (χ0v) is 12.2. The van der Waals surface area contributed by atoms with Crippen LogP contribution in [0.4, 0.5) is 0 Å². The van der Waals surface area contributed by atoms with Crippen LogP contribution in [0.2, 0.25) is 0 Å². The third-order valence-corrected chi connectivity index (χ3v) is 3.76. The molecule has 1 aromatic carbocycles. The van der Waals surface area contributed by atoms with Gasteiger partial charge in [0.15, 0.2) is 0 Å². The van der Waals surface area contributed by atoms with Gasteiger partial charge in [0, 0.05) is 45.9 Å². The fourth-order valence-corrected chi connectivity index (χ4v) is 2.49. The van der Waals surface area contributed by atoms with Gasteiger partial charge in [0.25, 0.3) is 0 Å². The van der Waals surface area contributed by atoms with Crippen molar-refractivity contribution in [3.8, 4) is 0 Å². The van der Waals surface area contributed by atoms with Crippen LogP contribution >= 0.6 is 0 Å². The third kappa shape index (κ3) is 5.59. The van der Waals surface area contributed by atoms with Gasteiger partial charge in [-0.15, -0.1) is 0 Å². The highest BCUT2D eigenvalue weighted by Gasteiger charge is 2.15. The van der Waals surface area contributed by atoms with E-state index in [1.165, 1.54) is 5.56 Å². The first-order valence-corrected chi connectivity index (χ1v) is 7.56. The average molecular weight is 278 g/mol. The predicted molar refractivity (Wildman–Crippen MR) is 80.7 cm³/mol. The van der Waals surface area contributed by atoms with Crippen molar-refractivity contribution in [2.45, 2.75) is 13.0 Å². The summed E-state index contributed by atoms with van der Waals surface area (Å²) in [7, 11) is 0. The smallest absolute Gasteiger partial charge is 0.0717 e. The summed E-state index contributed by atoms with van der Waals surface area (Å²) in [5, 5.41) is 8.83. The second kappa shape index (κ2) is 9.08. The molecule has 0 aromatic heterocycles. The van der Waals surface area contributed by atoms with Crippen LogP contribution in [0.5, 0.6) is 0 Å². The van der Waals surface area contributed by atoms with Gasteiger partial charge < -0.3 is 14.7 Å². The van der Waals surface area contributed by atoms with E-state index in [-0.39, 0.29) is 0 Å². The van der Waals surface area contributed by atoms with E-state index in [0.29, 0.717) is 13.2 Å². The van der Waals surface area contributed by atoms with Crippen molar-refractivity contribution < 1.29 is 9.84 Å². The quantitative estimate of drug-likeness (QED) is 0.725. The minimum Gasteiger partial charge on any atom is -0.396 e. The number of aliphatic hydroxyl groups is 1. The summed E-state index contributed by atoms with van der Waals surface area (Å²) >= 11 is 0. The van der Waals surface area contributed by atoms with Crippen LogP contribution in [-0.4, -0.2) is 67.4 Å². The molecule has 20 heavy (non-hydrogen) atoms. The summed E-state index contributed by atoms with van der Waals surface area (Å²) in [6.07, 6.45) is 0.889. The number of rotatable bonds is 8. The Labute approximate surface area is 122 Å². The molecule has 0 bridgehead atoms. The SMILES string of the molecule is OCCCN1CCN(CCOCc2ccccc2)CC1. The molecule has 4 nitrogen and oxygen atoms in total. The van der Waals surface area contributed by atoms with Crippen LogP contribution in [-0.2, 0) is 11.3 Å². The zero-order chi connectivity index (χ0) is 14.0. The summed E-state index contributed by atoms with van der Waals surface area (Å²) in [5.74, 6) is 0. The molecule has 0 radical (unpaired) electrons. The molecule has 0 atom stereocenters. The molecule has 2 rings (SSSR count). The normalized spacial score (nSPS) is 17.4. The first kappa shape index (κ1) is 15.4. The van der Waals surface area contributed by atoms with E-state index in [9.17, 15) is 0 Å². The molecule has 0 spiro atoms. The lowest BCUT2D eigenvalue weighted by atomic mass is 10.2. The van der Waals surface area contributed by atoms with Crippen LogP contribution in [0, 0.1) is 0 Å².